The average Bonchev–Trinajstić information content (AvgIpc) is 2.35. The number of anilines is 1. The van der Waals surface area contributed by atoms with E-state index in [1.807, 2.05) is 0 Å². The largest absolute Gasteiger partial charge is 0.356 e. The van der Waals surface area contributed by atoms with E-state index in [1.165, 1.54) is 30.2 Å². The van der Waals surface area contributed by atoms with Crippen LogP contribution in [0.5, 0.6) is 0 Å². The first-order valence-electron chi connectivity index (χ1n) is 6.47. The van der Waals surface area contributed by atoms with Gasteiger partial charge < -0.3 is 4.90 Å². The zero-order valence-corrected chi connectivity index (χ0v) is 12.2. The van der Waals surface area contributed by atoms with E-state index in [4.69, 9.17) is 4.98 Å². The molecule has 18 heavy (non-hydrogen) atoms. The van der Waals surface area contributed by atoms with E-state index in [0.29, 0.717) is 6.04 Å². The molecule has 0 spiro atoms. The summed E-state index contributed by atoms with van der Waals surface area (Å²) >= 11 is 3.58. The molecule has 0 N–H and O–H groups in total. The predicted molar refractivity (Wildman–Crippen MR) is 80.4 cm³/mol. The topological polar surface area (TPSA) is 16.1 Å². The van der Waals surface area contributed by atoms with Crippen LogP contribution in [0.25, 0.3) is 10.9 Å². The summed E-state index contributed by atoms with van der Waals surface area (Å²) in [5.41, 5.74) is 2.37. The fourth-order valence-corrected chi connectivity index (χ4v) is 2.91. The summed E-state index contributed by atoms with van der Waals surface area (Å²) in [6.07, 6.45) is 3.95. The van der Waals surface area contributed by atoms with E-state index >= 15 is 0 Å². The van der Waals surface area contributed by atoms with Crippen molar-refractivity contribution in [2.24, 2.45) is 0 Å². The number of para-hydroxylation sites is 1. The summed E-state index contributed by atoms with van der Waals surface area (Å²) in [6, 6.07) is 11.3. The van der Waals surface area contributed by atoms with Crippen molar-refractivity contribution in [2.45, 2.75) is 30.6 Å². The number of aromatic nitrogens is 1. The van der Waals surface area contributed by atoms with Gasteiger partial charge >= 0.3 is 0 Å². The van der Waals surface area contributed by atoms with E-state index in [9.17, 15) is 0 Å². The monoisotopic (exact) mass is 304 g/mol. The van der Waals surface area contributed by atoms with Crippen molar-refractivity contribution in [1.29, 1.82) is 0 Å². The second kappa shape index (κ2) is 4.88. The fraction of sp³-hybridized carbons (Fsp3) is 0.400. The van der Waals surface area contributed by atoms with Crippen molar-refractivity contribution in [2.75, 3.05) is 11.9 Å². The smallest absolute Gasteiger partial charge is 0.133 e. The third-order valence-electron chi connectivity index (χ3n) is 3.88. The van der Waals surface area contributed by atoms with Crippen molar-refractivity contribution >= 4 is 32.7 Å². The van der Waals surface area contributed by atoms with Crippen LogP contribution in [0.3, 0.4) is 0 Å². The Morgan fingerprint density at radius 3 is 2.78 bits per heavy atom. The molecule has 0 unspecified atom stereocenters. The summed E-state index contributed by atoms with van der Waals surface area (Å²) in [5, 5.41) is 2.08. The molecule has 1 fully saturated rings. The Bertz CT molecular complexity index is 563. The second-order valence-electron chi connectivity index (χ2n) is 4.99. The van der Waals surface area contributed by atoms with Crippen LogP contribution in [0, 0.1) is 0 Å². The van der Waals surface area contributed by atoms with Gasteiger partial charge in [0.25, 0.3) is 0 Å². The molecule has 1 saturated carbocycles. The molecule has 2 nitrogen and oxygen atoms in total. The molecule has 1 aliphatic carbocycles. The highest BCUT2D eigenvalue weighted by atomic mass is 79.9. The normalized spacial score (nSPS) is 15.7. The zero-order chi connectivity index (χ0) is 12.5. The molecule has 94 valence electrons. The lowest BCUT2D eigenvalue weighted by Crippen LogP contribution is -2.38. The molecular formula is C15H17BrN2. The van der Waals surface area contributed by atoms with Crippen LogP contribution < -0.4 is 4.90 Å². The van der Waals surface area contributed by atoms with Crippen LogP contribution in [-0.2, 0) is 5.33 Å². The highest BCUT2D eigenvalue weighted by molar-refractivity contribution is 9.08. The molecule has 3 heteroatoms. The molecule has 0 atom stereocenters. The van der Waals surface area contributed by atoms with Gasteiger partial charge in [-0.2, -0.15) is 0 Å². The SMILES string of the molecule is CN(c1nc2ccccc2cc1CBr)C1CCC1. The third-order valence-corrected chi connectivity index (χ3v) is 4.48. The molecular weight excluding hydrogens is 288 g/mol. The van der Waals surface area contributed by atoms with Gasteiger partial charge in [-0.15, -0.1) is 0 Å². The number of halogens is 1. The number of hydrogen-bond donors (Lipinski definition) is 0. The number of benzene rings is 1. The Balaban J connectivity index is 2.08. The minimum Gasteiger partial charge on any atom is -0.356 e. The Morgan fingerprint density at radius 1 is 1.33 bits per heavy atom. The van der Waals surface area contributed by atoms with Crippen LogP contribution >= 0.6 is 15.9 Å². The molecule has 0 amide bonds. The van der Waals surface area contributed by atoms with Gasteiger partial charge in [-0.05, 0) is 31.4 Å². The molecule has 1 aliphatic rings. The predicted octanol–water partition coefficient (Wildman–Crippen LogP) is 4.12. The standard InChI is InChI=1S/C15H17BrN2/c1-18(13-6-4-7-13)15-12(10-16)9-11-5-2-3-8-14(11)17-15/h2-3,5,8-9,13H,4,6-7,10H2,1H3. The number of rotatable bonds is 3. The van der Waals surface area contributed by atoms with Crippen LogP contribution in [0.4, 0.5) is 5.82 Å². The van der Waals surface area contributed by atoms with E-state index in [-0.39, 0.29) is 0 Å². The van der Waals surface area contributed by atoms with Gasteiger partial charge in [-0.3, -0.25) is 0 Å². The minimum atomic E-state index is 0.677. The molecule has 2 aromatic rings. The van der Waals surface area contributed by atoms with E-state index in [0.717, 1.165) is 16.7 Å². The maximum absolute atomic E-state index is 4.84. The van der Waals surface area contributed by atoms with Crippen molar-refractivity contribution in [3.8, 4) is 0 Å². The minimum absolute atomic E-state index is 0.677. The quantitative estimate of drug-likeness (QED) is 0.793. The number of alkyl halides is 1. The van der Waals surface area contributed by atoms with Gasteiger partial charge in [-0.1, -0.05) is 34.1 Å². The van der Waals surface area contributed by atoms with Gasteiger partial charge in [0.15, 0.2) is 0 Å². The summed E-state index contributed by atoms with van der Waals surface area (Å²) in [6.45, 7) is 0. The van der Waals surface area contributed by atoms with E-state index in [2.05, 4.69) is 58.2 Å². The highest BCUT2D eigenvalue weighted by Gasteiger charge is 2.24. The van der Waals surface area contributed by atoms with Gasteiger partial charge in [0.2, 0.25) is 0 Å². The van der Waals surface area contributed by atoms with Crippen molar-refractivity contribution in [3.63, 3.8) is 0 Å². The lowest BCUT2D eigenvalue weighted by atomic mass is 9.91. The maximum atomic E-state index is 4.84. The lowest BCUT2D eigenvalue weighted by molar-refractivity contribution is 0.399. The molecule has 1 aromatic carbocycles. The molecule has 0 bridgehead atoms. The highest BCUT2D eigenvalue weighted by Crippen LogP contribution is 2.31. The number of hydrogen-bond acceptors (Lipinski definition) is 2. The second-order valence-corrected chi connectivity index (χ2v) is 5.55. The number of fused-ring (bicyclic) bond motifs is 1. The number of nitrogens with zero attached hydrogens (tertiary/aromatic N) is 2. The van der Waals surface area contributed by atoms with Crippen LogP contribution in [0.2, 0.25) is 0 Å². The van der Waals surface area contributed by atoms with Gasteiger partial charge in [-0.25, -0.2) is 4.98 Å². The Kier molecular flexibility index (Phi) is 3.25. The Hall–Kier alpha value is -1.09. The summed E-state index contributed by atoms with van der Waals surface area (Å²) in [4.78, 5) is 7.20. The van der Waals surface area contributed by atoms with Crippen LogP contribution in [0.1, 0.15) is 24.8 Å². The van der Waals surface area contributed by atoms with Gasteiger partial charge in [0.1, 0.15) is 5.82 Å². The first kappa shape index (κ1) is 12.0. The van der Waals surface area contributed by atoms with E-state index < -0.39 is 0 Å². The van der Waals surface area contributed by atoms with E-state index in [1.54, 1.807) is 0 Å². The summed E-state index contributed by atoms with van der Waals surface area (Å²) in [5.74, 6) is 1.13. The zero-order valence-electron chi connectivity index (χ0n) is 10.6. The molecule has 1 heterocycles. The number of pyridine rings is 1. The van der Waals surface area contributed by atoms with Gasteiger partial charge in [0.05, 0.1) is 5.52 Å². The van der Waals surface area contributed by atoms with Crippen molar-refractivity contribution < 1.29 is 0 Å². The Labute approximate surface area is 116 Å². The molecule has 0 saturated heterocycles. The summed E-state index contributed by atoms with van der Waals surface area (Å²) < 4.78 is 0. The molecule has 0 radical (unpaired) electrons. The summed E-state index contributed by atoms with van der Waals surface area (Å²) in [7, 11) is 2.17. The van der Waals surface area contributed by atoms with Gasteiger partial charge in [0, 0.05) is 29.4 Å². The molecule has 1 aromatic heterocycles. The Morgan fingerprint density at radius 2 is 2.11 bits per heavy atom. The van der Waals surface area contributed by atoms with Crippen molar-refractivity contribution in [1.82, 2.24) is 4.98 Å². The first-order valence-corrected chi connectivity index (χ1v) is 7.59. The lowest BCUT2D eigenvalue weighted by Gasteiger charge is -2.36. The van der Waals surface area contributed by atoms with Crippen LogP contribution in [-0.4, -0.2) is 18.1 Å². The van der Waals surface area contributed by atoms with Crippen LogP contribution in [0.15, 0.2) is 30.3 Å². The average molecular weight is 305 g/mol. The molecule has 0 aliphatic heterocycles. The first-order chi connectivity index (χ1) is 8.79. The third kappa shape index (κ3) is 2.01. The van der Waals surface area contributed by atoms with Crippen molar-refractivity contribution in [3.05, 3.63) is 35.9 Å². The molecule has 3 rings (SSSR count). The fourth-order valence-electron chi connectivity index (χ4n) is 2.50. The maximum Gasteiger partial charge on any atom is 0.133 e.